The summed E-state index contributed by atoms with van der Waals surface area (Å²) in [7, 11) is 1.84. The largest absolute Gasteiger partial charge is 0.371 e. The zero-order valence-corrected chi connectivity index (χ0v) is 12.9. The van der Waals surface area contributed by atoms with Crippen molar-refractivity contribution < 1.29 is 9.18 Å². The number of halogens is 1. The number of hydrogen-bond donors (Lipinski definition) is 2. The van der Waals surface area contributed by atoms with Crippen molar-refractivity contribution in [3.8, 4) is 0 Å². The average molecular weight is 293 g/mol. The van der Waals surface area contributed by atoms with Crippen LogP contribution in [0.5, 0.6) is 0 Å². The van der Waals surface area contributed by atoms with Gasteiger partial charge in [-0.05, 0) is 38.9 Å². The molecule has 1 aliphatic heterocycles. The zero-order valence-electron chi connectivity index (χ0n) is 12.9. The van der Waals surface area contributed by atoms with Gasteiger partial charge in [0.25, 0.3) is 0 Å². The SMILES string of the molecule is CNC(C)c1c(F)cccc1N1CCC(NC(C)=O)CC1. The molecule has 2 rings (SSSR count). The van der Waals surface area contributed by atoms with Crippen LogP contribution < -0.4 is 15.5 Å². The lowest BCUT2D eigenvalue weighted by Crippen LogP contribution is -2.44. The fraction of sp³-hybridized carbons (Fsp3) is 0.562. The van der Waals surface area contributed by atoms with E-state index in [9.17, 15) is 9.18 Å². The normalized spacial score (nSPS) is 17.6. The Bertz CT molecular complexity index is 498. The van der Waals surface area contributed by atoms with Crippen LogP contribution in [0.3, 0.4) is 0 Å². The fourth-order valence-corrected chi connectivity index (χ4v) is 2.93. The van der Waals surface area contributed by atoms with Crippen molar-refractivity contribution >= 4 is 11.6 Å². The summed E-state index contributed by atoms with van der Waals surface area (Å²) >= 11 is 0. The third-order valence-electron chi connectivity index (χ3n) is 4.14. The number of nitrogens with zero attached hydrogens (tertiary/aromatic N) is 1. The molecule has 1 saturated heterocycles. The van der Waals surface area contributed by atoms with E-state index in [0.29, 0.717) is 0 Å². The Morgan fingerprint density at radius 1 is 1.38 bits per heavy atom. The Labute approximate surface area is 125 Å². The maximum absolute atomic E-state index is 14.2. The molecule has 1 amide bonds. The van der Waals surface area contributed by atoms with Crippen LogP contribution in [-0.4, -0.2) is 32.1 Å². The van der Waals surface area contributed by atoms with E-state index < -0.39 is 0 Å². The molecule has 1 unspecified atom stereocenters. The van der Waals surface area contributed by atoms with E-state index in [0.717, 1.165) is 37.2 Å². The van der Waals surface area contributed by atoms with Gasteiger partial charge in [-0.15, -0.1) is 0 Å². The second-order valence-electron chi connectivity index (χ2n) is 5.64. The highest BCUT2D eigenvalue weighted by atomic mass is 19.1. The van der Waals surface area contributed by atoms with Crippen molar-refractivity contribution in [2.75, 3.05) is 25.0 Å². The Morgan fingerprint density at radius 3 is 2.62 bits per heavy atom. The maximum atomic E-state index is 14.2. The molecule has 21 heavy (non-hydrogen) atoms. The third kappa shape index (κ3) is 3.73. The summed E-state index contributed by atoms with van der Waals surface area (Å²) < 4.78 is 14.2. The molecule has 0 spiro atoms. The molecule has 1 aliphatic rings. The van der Waals surface area contributed by atoms with Gasteiger partial charge in [-0.25, -0.2) is 4.39 Å². The van der Waals surface area contributed by atoms with Crippen LogP contribution in [-0.2, 0) is 4.79 Å². The van der Waals surface area contributed by atoms with Gasteiger partial charge < -0.3 is 15.5 Å². The van der Waals surface area contributed by atoms with Gasteiger partial charge in [-0.3, -0.25) is 4.79 Å². The molecule has 1 aromatic carbocycles. The van der Waals surface area contributed by atoms with Crippen LogP contribution in [0.25, 0.3) is 0 Å². The summed E-state index contributed by atoms with van der Waals surface area (Å²) in [5, 5.41) is 6.07. The number of carbonyl (C=O) groups is 1. The highest BCUT2D eigenvalue weighted by molar-refractivity contribution is 5.73. The summed E-state index contributed by atoms with van der Waals surface area (Å²) in [5.41, 5.74) is 1.68. The number of hydrogen-bond acceptors (Lipinski definition) is 3. The lowest BCUT2D eigenvalue weighted by Gasteiger charge is -2.35. The van der Waals surface area contributed by atoms with Crippen LogP contribution in [0.1, 0.15) is 38.3 Å². The summed E-state index contributed by atoms with van der Waals surface area (Å²) in [6.45, 7) is 5.17. The Hall–Kier alpha value is -1.62. The van der Waals surface area contributed by atoms with E-state index in [4.69, 9.17) is 0 Å². The average Bonchev–Trinajstić information content (AvgIpc) is 2.46. The number of amides is 1. The first-order valence-electron chi connectivity index (χ1n) is 7.50. The Morgan fingerprint density at radius 2 is 2.05 bits per heavy atom. The van der Waals surface area contributed by atoms with Gasteiger partial charge in [0.05, 0.1) is 0 Å². The molecule has 0 bridgehead atoms. The summed E-state index contributed by atoms with van der Waals surface area (Å²) in [5.74, 6) is -0.151. The fourth-order valence-electron chi connectivity index (χ4n) is 2.93. The van der Waals surface area contributed by atoms with Gasteiger partial charge in [0.15, 0.2) is 0 Å². The van der Waals surface area contributed by atoms with Gasteiger partial charge in [0.2, 0.25) is 5.91 Å². The molecular weight excluding hydrogens is 269 g/mol. The molecule has 5 heteroatoms. The lowest BCUT2D eigenvalue weighted by molar-refractivity contribution is -0.119. The number of anilines is 1. The summed E-state index contributed by atoms with van der Waals surface area (Å²) in [6, 6.07) is 5.45. The van der Waals surface area contributed by atoms with Crippen molar-refractivity contribution in [1.29, 1.82) is 0 Å². The van der Waals surface area contributed by atoms with Gasteiger partial charge in [-0.2, -0.15) is 0 Å². The second-order valence-corrected chi connectivity index (χ2v) is 5.64. The smallest absolute Gasteiger partial charge is 0.217 e. The van der Waals surface area contributed by atoms with E-state index in [2.05, 4.69) is 15.5 Å². The van der Waals surface area contributed by atoms with E-state index >= 15 is 0 Å². The number of benzene rings is 1. The molecule has 0 radical (unpaired) electrons. The Kier molecular flexibility index (Phi) is 5.17. The van der Waals surface area contributed by atoms with Gasteiger partial charge in [-0.1, -0.05) is 6.07 Å². The zero-order chi connectivity index (χ0) is 15.4. The van der Waals surface area contributed by atoms with Crippen LogP contribution >= 0.6 is 0 Å². The standard InChI is InChI=1S/C16H24FN3O/c1-11(18-3)16-14(17)5-4-6-15(16)20-9-7-13(8-10-20)19-12(2)21/h4-6,11,13,18H,7-10H2,1-3H3,(H,19,21). The van der Waals surface area contributed by atoms with E-state index in [1.54, 1.807) is 13.0 Å². The van der Waals surface area contributed by atoms with Crippen LogP contribution in [0.15, 0.2) is 18.2 Å². The van der Waals surface area contributed by atoms with Gasteiger partial charge in [0.1, 0.15) is 5.82 Å². The molecule has 4 nitrogen and oxygen atoms in total. The summed E-state index contributed by atoms with van der Waals surface area (Å²) in [6.07, 6.45) is 1.78. The molecule has 1 aromatic rings. The number of rotatable bonds is 4. The molecule has 0 aromatic heterocycles. The monoisotopic (exact) mass is 293 g/mol. The quantitative estimate of drug-likeness (QED) is 0.894. The van der Waals surface area contributed by atoms with Gasteiger partial charge >= 0.3 is 0 Å². The predicted octanol–water partition coefficient (Wildman–Crippen LogP) is 2.21. The third-order valence-corrected chi connectivity index (χ3v) is 4.14. The Balaban J connectivity index is 2.13. The molecule has 0 aliphatic carbocycles. The lowest BCUT2D eigenvalue weighted by atomic mass is 10.00. The van der Waals surface area contributed by atoms with Crippen LogP contribution in [0.2, 0.25) is 0 Å². The molecule has 1 heterocycles. The number of piperidine rings is 1. The van der Waals surface area contributed by atoms with E-state index in [-0.39, 0.29) is 23.8 Å². The molecule has 116 valence electrons. The van der Waals surface area contributed by atoms with Gasteiger partial charge in [0, 0.05) is 43.3 Å². The molecule has 2 N–H and O–H groups in total. The van der Waals surface area contributed by atoms with Crippen LogP contribution in [0, 0.1) is 5.82 Å². The van der Waals surface area contributed by atoms with Crippen molar-refractivity contribution in [3.05, 3.63) is 29.6 Å². The van der Waals surface area contributed by atoms with E-state index in [1.807, 2.05) is 20.0 Å². The second kappa shape index (κ2) is 6.89. The van der Waals surface area contributed by atoms with Crippen molar-refractivity contribution in [3.63, 3.8) is 0 Å². The minimum atomic E-state index is -0.168. The number of nitrogens with one attached hydrogen (secondary N) is 2. The van der Waals surface area contributed by atoms with Crippen molar-refractivity contribution in [2.24, 2.45) is 0 Å². The van der Waals surface area contributed by atoms with Crippen molar-refractivity contribution in [1.82, 2.24) is 10.6 Å². The molecular formula is C16H24FN3O. The first-order chi connectivity index (χ1) is 10.0. The van der Waals surface area contributed by atoms with Crippen LogP contribution in [0.4, 0.5) is 10.1 Å². The molecule has 0 saturated carbocycles. The minimum absolute atomic E-state index is 0.0173. The van der Waals surface area contributed by atoms with E-state index in [1.165, 1.54) is 6.07 Å². The summed E-state index contributed by atoms with van der Waals surface area (Å²) in [4.78, 5) is 13.3. The first kappa shape index (κ1) is 15.8. The topological polar surface area (TPSA) is 44.4 Å². The maximum Gasteiger partial charge on any atom is 0.217 e. The predicted molar refractivity (Wildman–Crippen MR) is 82.9 cm³/mol. The minimum Gasteiger partial charge on any atom is -0.371 e. The molecule has 1 atom stereocenters. The highest BCUT2D eigenvalue weighted by Crippen LogP contribution is 2.30. The van der Waals surface area contributed by atoms with Crippen molar-refractivity contribution in [2.45, 2.75) is 38.8 Å². The highest BCUT2D eigenvalue weighted by Gasteiger charge is 2.24. The first-order valence-corrected chi connectivity index (χ1v) is 7.50. The molecule has 1 fully saturated rings. The number of carbonyl (C=O) groups excluding carboxylic acids is 1.